The highest BCUT2D eigenvalue weighted by molar-refractivity contribution is 7.13. The Hall–Kier alpha value is -2.36. The number of nitro benzene ring substituents is 1. The number of nitrogens with zero attached hydrogens (tertiary/aromatic N) is 4. The Morgan fingerprint density at radius 3 is 2.67 bits per heavy atom. The number of amides is 1. The molecule has 0 bridgehead atoms. The molecule has 2 aliphatic heterocycles. The minimum absolute atomic E-state index is 0.0305. The van der Waals surface area contributed by atoms with Crippen LogP contribution in [0.3, 0.4) is 0 Å². The molecule has 4 rings (SSSR count). The number of likely N-dealkylation sites (tertiary alicyclic amines) is 1. The standard InChI is InChI=1S/C18H21N5O3S/c24-18(22-8-5-15(11-22)21-9-6-19-7-10-21)16-12-27-17(20-16)13-1-3-14(4-2-13)23(25)26/h1-4,12,15,19H,5-11H2. The Morgan fingerprint density at radius 2 is 1.96 bits per heavy atom. The zero-order chi connectivity index (χ0) is 18.8. The molecule has 0 radical (unpaired) electrons. The lowest BCUT2D eigenvalue weighted by molar-refractivity contribution is -0.384. The zero-order valence-corrected chi connectivity index (χ0v) is 15.7. The number of carbonyl (C=O) groups is 1. The maximum atomic E-state index is 12.8. The first-order chi connectivity index (χ1) is 13.1. The number of rotatable bonds is 4. The fourth-order valence-electron chi connectivity index (χ4n) is 3.66. The minimum Gasteiger partial charge on any atom is -0.336 e. The van der Waals surface area contributed by atoms with Gasteiger partial charge in [-0.25, -0.2) is 4.98 Å². The molecule has 2 fully saturated rings. The van der Waals surface area contributed by atoms with E-state index in [4.69, 9.17) is 0 Å². The van der Waals surface area contributed by atoms with Crippen LogP contribution in [0.25, 0.3) is 10.6 Å². The molecule has 0 saturated carbocycles. The summed E-state index contributed by atoms with van der Waals surface area (Å²) in [5.74, 6) is -0.0305. The Bertz CT molecular complexity index is 832. The van der Waals surface area contributed by atoms with Crippen LogP contribution in [-0.4, -0.2) is 70.9 Å². The number of aromatic nitrogens is 1. The largest absolute Gasteiger partial charge is 0.336 e. The molecule has 1 unspecified atom stereocenters. The van der Waals surface area contributed by atoms with E-state index in [9.17, 15) is 14.9 Å². The summed E-state index contributed by atoms with van der Waals surface area (Å²) in [5.41, 5.74) is 1.28. The van der Waals surface area contributed by atoms with Crippen molar-refractivity contribution in [1.82, 2.24) is 20.1 Å². The minimum atomic E-state index is -0.428. The highest BCUT2D eigenvalue weighted by atomic mass is 32.1. The van der Waals surface area contributed by atoms with Gasteiger partial charge in [-0.1, -0.05) is 0 Å². The highest BCUT2D eigenvalue weighted by Gasteiger charge is 2.32. The van der Waals surface area contributed by atoms with Gasteiger partial charge in [0.05, 0.1) is 4.92 Å². The van der Waals surface area contributed by atoms with Gasteiger partial charge in [-0.15, -0.1) is 11.3 Å². The summed E-state index contributed by atoms with van der Waals surface area (Å²) in [5, 5.41) is 16.6. The first-order valence-electron chi connectivity index (χ1n) is 9.06. The molecule has 142 valence electrons. The molecule has 2 aromatic rings. The molecule has 1 amide bonds. The van der Waals surface area contributed by atoms with Crippen molar-refractivity contribution >= 4 is 22.9 Å². The van der Waals surface area contributed by atoms with E-state index in [1.807, 2.05) is 4.90 Å². The van der Waals surface area contributed by atoms with Crippen molar-refractivity contribution in [2.75, 3.05) is 39.3 Å². The molecule has 2 saturated heterocycles. The maximum absolute atomic E-state index is 12.8. The molecule has 1 aromatic heterocycles. The lowest BCUT2D eigenvalue weighted by Gasteiger charge is -2.32. The lowest BCUT2D eigenvalue weighted by Crippen LogP contribution is -2.49. The monoisotopic (exact) mass is 387 g/mol. The summed E-state index contributed by atoms with van der Waals surface area (Å²) in [6, 6.07) is 6.68. The van der Waals surface area contributed by atoms with Gasteiger partial charge in [0, 0.05) is 68.4 Å². The van der Waals surface area contributed by atoms with E-state index in [2.05, 4.69) is 15.2 Å². The summed E-state index contributed by atoms with van der Waals surface area (Å²) in [4.78, 5) is 32.0. The van der Waals surface area contributed by atoms with Crippen molar-refractivity contribution in [3.63, 3.8) is 0 Å². The Kier molecular flexibility index (Phi) is 5.15. The summed E-state index contributed by atoms with van der Waals surface area (Å²) < 4.78 is 0. The van der Waals surface area contributed by atoms with Crippen molar-refractivity contribution in [2.45, 2.75) is 12.5 Å². The Morgan fingerprint density at radius 1 is 1.22 bits per heavy atom. The number of nitro groups is 1. The van der Waals surface area contributed by atoms with Crippen LogP contribution in [0.15, 0.2) is 29.6 Å². The SMILES string of the molecule is O=C(c1csc(-c2ccc([N+](=O)[O-])cc2)n1)N1CCC(N2CCNCC2)C1. The molecule has 0 aliphatic carbocycles. The first kappa shape index (κ1) is 18.0. The fourth-order valence-corrected chi connectivity index (χ4v) is 4.46. The van der Waals surface area contributed by atoms with E-state index in [0.29, 0.717) is 16.7 Å². The molecule has 2 aliphatic rings. The van der Waals surface area contributed by atoms with Gasteiger partial charge in [-0.2, -0.15) is 0 Å². The predicted octanol–water partition coefficient (Wildman–Crippen LogP) is 1.84. The summed E-state index contributed by atoms with van der Waals surface area (Å²) in [6.07, 6.45) is 1.01. The molecule has 1 N–H and O–H groups in total. The van der Waals surface area contributed by atoms with E-state index in [1.54, 1.807) is 17.5 Å². The number of non-ortho nitro benzene ring substituents is 1. The fraction of sp³-hybridized carbons (Fsp3) is 0.444. The molecule has 1 aromatic carbocycles. The van der Waals surface area contributed by atoms with Gasteiger partial charge in [0.25, 0.3) is 11.6 Å². The van der Waals surface area contributed by atoms with Crippen molar-refractivity contribution < 1.29 is 9.72 Å². The van der Waals surface area contributed by atoms with Crippen molar-refractivity contribution in [3.8, 4) is 10.6 Å². The van der Waals surface area contributed by atoms with Gasteiger partial charge in [-0.3, -0.25) is 19.8 Å². The van der Waals surface area contributed by atoms with Crippen LogP contribution in [0.1, 0.15) is 16.9 Å². The average molecular weight is 387 g/mol. The highest BCUT2D eigenvalue weighted by Crippen LogP contribution is 2.27. The van der Waals surface area contributed by atoms with Gasteiger partial charge in [0.1, 0.15) is 10.7 Å². The van der Waals surface area contributed by atoms with Crippen LogP contribution >= 0.6 is 11.3 Å². The maximum Gasteiger partial charge on any atom is 0.273 e. The van der Waals surface area contributed by atoms with Gasteiger partial charge in [0.15, 0.2) is 0 Å². The van der Waals surface area contributed by atoms with Crippen LogP contribution in [-0.2, 0) is 0 Å². The van der Waals surface area contributed by atoms with Crippen molar-refractivity contribution in [1.29, 1.82) is 0 Å². The molecular formula is C18H21N5O3S. The van der Waals surface area contributed by atoms with E-state index in [0.717, 1.165) is 51.3 Å². The average Bonchev–Trinajstić information content (AvgIpc) is 3.38. The van der Waals surface area contributed by atoms with E-state index >= 15 is 0 Å². The van der Waals surface area contributed by atoms with Crippen molar-refractivity contribution in [3.05, 3.63) is 45.5 Å². The second-order valence-corrected chi connectivity index (χ2v) is 7.68. The van der Waals surface area contributed by atoms with E-state index in [1.165, 1.54) is 23.5 Å². The van der Waals surface area contributed by atoms with Gasteiger partial charge in [-0.05, 0) is 18.6 Å². The molecule has 9 heteroatoms. The topological polar surface area (TPSA) is 91.6 Å². The number of nitrogens with one attached hydrogen (secondary N) is 1. The van der Waals surface area contributed by atoms with Crippen LogP contribution in [0.2, 0.25) is 0 Å². The number of benzene rings is 1. The number of hydrogen-bond acceptors (Lipinski definition) is 7. The first-order valence-corrected chi connectivity index (χ1v) is 9.94. The Labute approximate surface area is 161 Å². The smallest absolute Gasteiger partial charge is 0.273 e. The van der Waals surface area contributed by atoms with Crippen LogP contribution < -0.4 is 5.32 Å². The normalized spacial score (nSPS) is 20.7. The van der Waals surface area contributed by atoms with Gasteiger partial charge < -0.3 is 10.2 Å². The Balaban J connectivity index is 1.42. The second kappa shape index (κ2) is 7.71. The van der Waals surface area contributed by atoms with Gasteiger partial charge >= 0.3 is 0 Å². The molecule has 1 atom stereocenters. The number of piperazine rings is 1. The number of carbonyl (C=O) groups excluding carboxylic acids is 1. The van der Waals surface area contributed by atoms with Crippen molar-refractivity contribution in [2.24, 2.45) is 0 Å². The molecule has 3 heterocycles. The lowest BCUT2D eigenvalue weighted by atomic mass is 10.2. The third-order valence-electron chi connectivity index (χ3n) is 5.17. The molecular weight excluding hydrogens is 366 g/mol. The van der Waals surface area contributed by atoms with Crippen LogP contribution in [0.4, 0.5) is 5.69 Å². The van der Waals surface area contributed by atoms with Crippen LogP contribution in [0.5, 0.6) is 0 Å². The molecule has 0 spiro atoms. The van der Waals surface area contributed by atoms with E-state index in [-0.39, 0.29) is 11.6 Å². The van der Waals surface area contributed by atoms with Crippen LogP contribution in [0, 0.1) is 10.1 Å². The van der Waals surface area contributed by atoms with Gasteiger partial charge in [0.2, 0.25) is 0 Å². The third kappa shape index (κ3) is 3.85. The summed E-state index contributed by atoms with van der Waals surface area (Å²) in [6.45, 7) is 5.60. The number of hydrogen-bond donors (Lipinski definition) is 1. The second-order valence-electron chi connectivity index (χ2n) is 6.82. The molecule has 8 nitrogen and oxygen atoms in total. The predicted molar refractivity (Wildman–Crippen MR) is 103 cm³/mol. The summed E-state index contributed by atoms with van der Waals surface area (Å²) >= 11 is 1.39. The molecule has 27 heavy (non-hydrogen) atoms. The quantitative estimate of drug-likeness (QED) is 0.636. The summed E-state index contributed by atoms with van der Waals surface area (Å²) in [7, 11) is 0. The zero-order valence-electron chi connectivity index (χ0n) is 14.8. The van der Waals surface area contributed by atoms with E-state index < -0.39 is 4.92 Å². The third-order valence-corrected chi connectivity index (χ3v) is 6.06. The number of thiazole rings is 1.